The van der Waals surface area contributed by atoms with Crippen molar-refractivity contribution >= 4 is 5.97 Å². The highest BCUT2D eigenvalue weighted by Crippen LogP contribution is 2.24. The molecule has 0 aromatic rings. The topological polar surface area (TPSA) is 75.1 Å². The third-order valence-corrected chi connectivity index (χ3v) is 1.81. The summed E-state index contributed by atoms with van der Waals surface area (Å²) in [4.78, 5) is 13.9. The molecule has 0 radical (unpaired) electrons. The molecule has 0 aromatic carbocycles. The van der Waals surface area contributed by atoms with Crippen molar-refractivity contribution in [2.24, 2.45) is 5.11 Å². The quantitative estimate of drug-likeness (QED) is 0.280. The Kier molecular flexibility index (Phi) is 2.72. The number of methoxy groups -OCH3 is 1. The molecule has 5 heteroatoms. The second-order valence-corrected chi connectivity index (χ2v) is 2.60. The Labute approximate surface area is 75.3 Å². The van der Waals surface area contributed by atoms with Crippen molar-refractivity contribution in [2.75, 3.05) is 7.11 Å². The lowest BCUT2D eigenvalue weighted by Crippen LogP contribution is -2.35. The summed E-state index contributed by atoms with van der Waals surface area (Å²) in [6.07, 6.45) is 7.09. The van der Waals surface area contributed by atoms with E-state index in [0.717, 1.165) is 0 Å². The first-order valence-corrected chi connectivity index (χ1v) is 3.74. The Bertz CT molecular complexity index is 315. The van der Waals surface area contributed by atoms with Gasteiger partial charge in [-0.1, -0.05) is 29.4 Å². The predicted molar refractivity (Wildman–Crippen MR) is 46.8 cm³/mol. The minimum atomic E-state index is -1.18. The summed E-state index contributed by atoms with van der Waals surface area (Å²) in [6, 6.07) is 0. The molecule has 13 heavy (non-hydrogen) atoms. The first-order valence-electron chi connectivity index (χ1n) is 3.74. The molecule has 0 bridgehead atoms. The van der Waals surface area contributed by atoms with Crippen LogP contribution in [0, 0.1) is 0 Å². The molecule has 68 valence electrons. The van der Waals surface area contributed by atoms with E-state index in [9.17, 15) is 4.79 Å². The van der Waals surface area contributed by atoms with Gasteiger partial charge in [-0.25, -0.2) is 0 Å². The minimum absolute atomic E-state index is 0.347. The van der Waals surface area contributed by atoms with E-state index in [1.807, 2.05) is 0 Å². The third kappa shape index (κ3) is 1.71. The van der Waals surface area contributed by atoms with Crippen LogP contribution in [-0.2, 0) is 9.53 Å². The van der Waals surface area contributed by atoms with Gasteiger partial charge in [-0.2, -0.15) is 0 Å². The number of allylic oxidation sites excluding steroid dienone is 2. The van der Waals surface area contributed by atoms with Crippen molar-refractivity contribution in [3.63, 3.8) is 0 Å². The van der Waals surface area contributed by atoms with Crippen LogP contribution in [-0.4, -0.2) is 18.6 Å². The number of ether oxygens (including phenoxy) is 1. The molecule has 0 amide bonds. The van der Waals surface area contributed by atoms with Crippen molar-refractivity contribution < 1.29 is 9.53 Å². The van der Waals surface area contributed by atoms with Gasteiger partial charge in [0.15, 0.2) is 5.54 Å². The molecule has 1 atom stereocenters. The summed E-state index contributed by atoms with van der Waals surface area (Å²) < 4.78 is 4.56. The zero-order chi connectivity index (χ0) is 9.73. The first kappa shape index (κ1) is 9.35. The standard InChI is InChI=1S/C8H9N3O2/c1-13-7(12)8(10-11-9)5-3-2-4-6-8/h2-5H,6H2,1H3. The number of rotatable bonds is 2. The molecular weight excluding hydrogens is 170 g/mol. The van der Waals surface area contributed by atoms with Gasteiger partial charge in [0.25, 0.3) is 0 Å². The highest BCUT2D eigenvalue weighted by molar-refractivity contribution is 5.84. The van der Waals surface area contributed by atoms with Crippen LogP contribution in [0.3, 0.4) is 0 Å². The number of carbonyl (C=O) groups excluding carboxylic acids is 1. The van der Waals surface area contributed by atoms with Gasteiger partial charge in [-0.3, -0.25) is 4.79 Å². The maximum atomic E-state index is 11.3. The Hall–Kier alpha value is -1.74. The van der Waals surface area contributed by atoms with Crippen LogP contribution in [0.2, 0.25) is 0 Å². The maximum Gasteiger partial charge on any atom is 0.322 e. The molecule has 5 nitrogen and oxygen atoms in total. The molecule has 0 aromatic heterocycles. The Morgan fingerprint density at radius 1 is 1.69 bits per heavy atom. The molecule has 1 unspecified atom stereocenters. The summed E-state index contributed by atoms with van der Waals surface area (Å²) in [5, 5.41) is 3.45. The van der Waals surface area contributed by atoms with Crippen molar-refractivity contribution in [3.05, 3.63) is 34.7 Å². The van der Waals surface area contributed by atoms with Gasteiger partial charge >= 0.3 is 5.97 Å². The van der Waals surface area contributed by atoms with Crippen LogP contribution in [0.5, 0.6) is 0 Å². The van der Waals surface area contributed by atoms with Gasteiger partial charge in [0.2, 0.25) is 0 Å². The fourth-order valence-corrected chi connectivity index (χ4v) is 1.13. The molecule has 0 aliphatic heterocycles. The second kappa shape index (κ2) is 3.78. The smallest absolute Gasteiger partial charge is 0.322 e. The fourth-order valence-electron chi connectivity index (χ4n) is 1.13. The average molecular weight is 179 g/mol. The Balaban J connectivity index is 3.01. The number of nitrogens with zero attached hydrogens (tertiary/aromatic N) is 3. The number of azide groups is 1. The Morgan fingerprint density at radius 3 is 2.92 bits per heavy atom. The van der Waals surface area contributed by atoms with Crippen molar-refractivity contribution in [3.8, 4) is 0 Å². The van der Waals surface area contributed by atoms with E-state index in [1.165, 1.54) is 7.11 Å². The van der Waals surface area contributed by atoms with E-state index in [2.05, 4.69) is 14.8 Å². The lowest BCUT2D eigenvalue weighted by atomic mass is 9.92. The van der Waals surface area contributed by atoms with E-state index in [1.54, 1.807) is 24.3 Å². The summed E-state index contributed by atoms with van der Waals surface area (Å²) in [5.74, 6) is -0.536. The molecule has 1 rings (SSSR count). The van der Waals surface area contributed by atoms with E-state index < -0.39 is 11.5 Å². The van der Waals surface area contributed by atoms with Crippen LogP contribution >= 0.6 is 0 Å². The van der Waals surface area contributed by atoms with Gasteiger partial charge in [0.1, 0.15) is 0 Å². The van der Waals surface area contributed by atoms with Crippen LogP contribution in [0.15, 0.2) is 29.4 Å². The normalized spacial score (nSPS) is 25.0. The highest BCUT2D eigenvalue weighted by atomic mass is 16.5. The van der Waals surface area contributed by atoms with Crippen molar-refractivity contribution in [1.82, 2.24) is 0 Å². The highest BCUT2D eigenvalue weighted by Gasteiger charge is 2.35. The maximum absolute atomic E-state index is 11.3. The summed E-state index contributed by atoms with van der Waals surface area (Å²) in [6.45, 7) is 0. The van der Waals surface area contributed by atoms with Gasteiger partial charge in [-0.05, 0) is 12.0 Å². The average Bonchev–Trinajstić information content (AvgIpc) is 2.18. The van der Waals surface area contributed by atoms with Crippen LogP contribution < -0.4 is 0 Å². The summed E-state index contributed by atoms with van der Waals surface area (Å²) in [7, 11) is 1.27. The molecular formula is C8H9N3O2. The molecule has 1 aliphatic rings. The largest absolute Gasteiger partial charge is 0.468 e. The number of esters is 1. The molecule has 0 spiro atoms. The summed E-state index contributed by atoms with van der Waals surface area (Å²) >= 11 is 0. The van der Waals surface area contributed by atoms with E-state index >= 15 is 0 Å². The van der Waals surface area contributed by atoms with Crippen molar-refractivity contribution in [2.45, 2.75) is 12.0 Å². The van der Waals surface area contributed by atoms with Gasteiger partial charge in [0, 0.05) is 4.91 Å². The first-order chi connectivity index (χ1) is 6.25. The SMILES string of the molecule is COC(=O)C1(N=[N+]=[N-])C=CC=CC1. The number of hydrogen-bond donors (Lipinski definition) is 0. The molecule has 0 N–H and O–H groups in total. The fraction of sp³-hybridized carbons (Fsp3) is 0.375. The zero-order valence-electron chi connectivity index (χ0n) is 7.17. The van der Waals surface area contributed by atoms with E-state index in [-0.39, 0.29) is 0 Å². The number of hydrogen-bond acceptors (Lipinski definition) is 3. The lowest BCUT2D eigenvalue weighted by molar-refractivity contribution is -0.145. The van der Waals surface area contributed by atoms with Gasteiger partial charge in [0.05, 0.1) is 7.11 Å². The lowest BCUT2D eigenvalue weighted by Gasteiger charge is -2.21. The zero-order valence-corrected chi connectivity index (χ0v) is 7.17. The van der Waals surface area contributed by atoms with E-state index in [0.29, 0.717) is 6.42 Å². The minimum Gasteiger partial charge on any atom is -0.468 e. The molecule has 0 fully saturated rings. The summed E-state index contributed by atoms with van der Waals surface area (Å²) in [5.41, 5.74) is 7.14. The third-order valence-electron chi connectivity index (χ3n) is 1.81. The van der Waals surface area contributed by atoms with Crippen LogP contribution in [0.4, 0.5) is 0 Å². The van der Waals surface area contributed by atoms with Crippen LogP contribution in [0.1, 0.15) is 6.42 Å². The molecule has 0 saturated carbocycles. The molecule has 0 saturated heterocycles. The predicted octanol–water partition coefficient (Wildman–Crippen LogP) is 1.72. The van der Waals surface area contributed by atoms with E-state index in [4.69, 9.17) is 5.53 Å². The molecule has 1 aliphatic carbocycles. The van der Waals surface area contributed by atoms with Crippen molar-refractivity contribution in [1.29, 1.82) is 0 Å². The monoisotopic (exact) mass is 179 g/mol. The molecule has 0 heterocycles. The second-order valence-electron chi connectivity index (χ2n) is 2.60. The van der Waals surface area contributed by atoms with Gasteiger partial charge < -0.3 is 4.74 Å². The van der Waals surface area contributed by atoms with Gasteiger partial charge in [-0.15, -0.1) is 0 Å². The van der Waals surface area contributed by atoms with Crippen LogP contribution in [0.25, 0.3) is 10.4 Å². The Morgan fingerprint density at radius 2 is 2.46 bits per heavy atom. The number of carbonyl (C=O) groups is 1.